The zero-order chi connectivity index (χ0) is 14.9. The number of hydrogen-bond donors (Lipinski definition) is 2. The molecule has 4 nitrogen and oxygen atoms in total. The lowest BCUT2D eigenvalue weighted by Crippen LogP contribution is -2.16. The molecular weight excluding hydrogens is 347 g/mol. The van der Waals surface area contributed by atoms with Crippen molar-refractivity contribution in [1.82, 2.24) is 0 Å². The molecule has 3 N–H and O–H groups in total. The highest BCUT2D eigenvalue weighted by Crippen LogP contribution is 2.30. The van der Waals surface area contributed by atoms with Gasteiger partial charge in [-0.3, -0.25) is 4.72 Å². The third kappa shape index (κ3) is 2.94. The topological polar surface area (TPSA) is 72.2 Å². The first-order chi connectivity index (χ1) is 9.31. The van der Waals surface area contributed by atoms with Gasteiger partial charge in [-0.25, -0.2) is 12.8 Å². The van der Waals surface area contributed by atoms with E-state index in [4.69, 9.17) is 5.73 Å². The largest absolute Gasteiger partial charge is 0.397 e. The van der Waals surface area contributed by atoms with Crippen molar-refractivity contribution in [1.29, 1.82) is 0 Å². The number of rotatable bonds is 3. The number of aryl methyl sites for hydroxylation is 1. The molecule has 106 valence electrons. The lowest BCUT2D eigenvalue weighted by Gasteiger charge is -2.14. The first-order valence-electron chi connectivity index (χ1n) is 5.64. The average molecular weight is 359 g/mol. The fourth-order valence-corrected chi connectivity index (χ4v) is 3.59. The van der Waals surface area contributed by atoms with Gasteiger partial charge in [0.05, 0.1) is 11.4 Å². The minimum atomic E-state index is -4.02. The number of sulfonamides is 1. The van der Waals surface area contributed by atoms with E-state index in [9.17, 15) is 12.8 Å². The van der Waals surface area contributed by atoms with E-state index >= 15 is 0 Å². The third-order valence-electron chi connectivity index (χ3n) is 2.69. The van der Waals surface area contributed by atoms with Crippen LogP contribution in [0.5, 0.6) is 0 Å². The van der Waals surface area contributed by atoms with Crippen molar-refractivity contribution < 1.29 is 12.8 Å². The van der Waals surface area contributed by atoms with Gasteiger partial charge in [0, 0.05) is 4.47 Å². The summed E-state index contributed by atoms with van der Waals surface area (Å²) in [5, 5.41) is 0. The van der Waals surface area contributed by atoms with Crippen LogP contribution < -0.4 is 10.5 Å². The smallest absolute Gasteiger partial charge is 0.264 e. The van der Waals surface area contributed by atoms with E-state index in [-0.39, 0.29) is 11.4 Å². The molecule has 0 aliphatic carbocycles. The van der Waals surface area contributed by atoms with E-state index in [1.54, 1.807) is 19.1 Å². The summed E-state index contributed by atoms with van der Waals surface area (Å²) in [5.41, 5.74) is 6.94. The first-order valence-corrected chi connectivity index (χ1v) is 7.92. The van der Waals surface area contributed by atoms with E-state index in [1.165, 1.54) is 18.2 Å². The normalized spacial score (nSPS) is 11.3. The molecule has 0 aliphatic heterocycles. The van der Waals surface area contributed by atoms with E-state index in [1.807, 2.05) is 0 Å². The maximum Gasteiger partial charge on any atom is 0.264 e. The van der Waals surface area contributed by atoms with E-state index < -0.39 is 20.7 Å². The monoisotopic (exact) mass is 358 g/mol. The molecule has 2 aromatic rings. The van der Waals surface area contributed by atoms with Gasteiger partial charge in [-0.05, 0) is 36.8 Å². The fourth-order valence-electron chi connectivity index (χ4n) is 1.76. The molecule has 0 unspecified atom stereocenters. The second kappa shape index (κ2) is 5.41. The Morgan fingerprint density at radius 2 is 1.90 bits per heavy atom. The lowest BCUT2D eigenvalue weighted by atomic mass is 10.2. The zero-order valence-electron chi connectivity index (χ0n) is 10.5. The highest BCUT2D eigenvalue weighted by Gasteiger charge is 2.20. The summed E-state index contributed by atoms with van der Waals surface area (Å²) < 4.78 is 41.0. The standard InChI is InChI=1S/C13H12BrFN2O2S/c1-8-6-9(14)7-11(16)13(8)17-20(18,19)12-5-3-2-4-10(12)15/h2-7,17H,16H2,1H3. The molecule has 0 spiro atoms. The Morgan fingerprint density at radius 3 is 2.50 bits per heavy atom. The molecular formula is C13H12BrFN2O2S. The van der Waals surface area contributed by atoms with Gasteiger partial charge in [0.15, 0.2) is 0 Å². The van der Waals surface area contributed by atoms with Crippen LogP contribution in [0.4, 0.5) is 15.8 Å². The number of benzene rings is 2. The molecule has 0 bridgehead atoms. The maximum atomic E-state index is 13.6. The van der Waals surface area contributed by atoms with Crippen molar-refractivity contribution in [2.24, 2.45) is 0 Å². The van der Waals surface area contributed by atoms with Crippen LogP contribution >= 0.6 is 15.9 Å². The molecule has 0 heterocycles. The van der Waals surface area contributed by atoms with Gasteiger partial charge in [-0.15, -0.1) is 0 Å². The van der Waals surface area contributed by atoms with Crippen molar-refractivity contribution in [3.05, 3.63) is 52.3 Å². The molecule has 0 aromatic heterocycles. The van der Waals surface area contributed by atoms with Crippen molar-refractivity contribution in [2.75, 3.05) is 10.5 Å². The Hall–Kier alpha value is -1.60. The van der Waals surface area contributed by atoms with Gasteiger partial charge in [0.25, 0.3) is 10.0 Å². The summed E-state index contributed by atoms with van der Waals surface area (Å²) in [6.07, 6.45) is 0. The van der Waals surface area contributed by atoms with Crippen LogP contribution in [0.25, 0.3) is 0 Å². The molecule has 0 aliphatic rings. The summed E-state index contributed by atoms with van der Waals surface area (Å²) in [6, 6.07) is 8.46. The van der Waals surface area contributed by atoms with E-state index in [0.717, 1.165) is 10.5 Å². The predicted octanol–water partition coefficient (Wildman–Crippen LogP) is 3.28. The molecule has 0 atom stereocenters. The average Bonchev–Trinajstić information content (AvgIpc) is 2.34. The highest BCUT2D eigenvalue weighted by molar-refractivity contribution is 9.10. The molecule has 0 amide bonds. The lowest BCUT2D eigenvalue weighted by molar-refractivity contribution is 0.570. The van der Waals surface area contributed by atoms with Crippen LogP contribution in [-0.2, 0) is 10.0 Å². The molecule has 20 heavy (non-hydrogen) atoms. The molecule has 0 fully saturated rings. The number of halogens is 2. The van der Waals surface area contributed by atoms with Gasteiger partial charge in [0.1, 0.15) is 10.7 Å². The summed E-state index contributed by atoms with van der Waals surface area (Å²) in [4.78, 5) is -0.415. The third-order valence-corrected chi connectivity index (χ3v) is 4.53. The fraction of sp³-hybridized carbons (Fsp3) is 0.0769. The van der Waals surface area contributed by atoms with Crippen LogP contribution in [0.1, 0.15) is 5.56 Å². The molecule has 7 heteroatoms. The Bertz CT molecular complexity index is 740. The second-order valence-electron chi connectivity index (χ2n) is 4.22. The van der Waals surface area contributed by atoms with Crippen molar-refractivity contribution in [2.45, 2.75) is 11.8 Å². The van der Waals surface area contributed by atoms with Gasteiger partial charge < -0.3 is 5.73 Å². The van der Waals surface area contributed by atoms with Gasteiger partial charge in [0.2, 0.25) is 0 Å². The summed E-state index contributed by atoms with van der Waals surface area (Å²) in [6.45, 7) is 1.71. The second-order valence-corrected chi connectivity index (χ2v) is 6.79. The minimum Gasteiger partial charge on any atom is -0.397 e. The number of nitrogens with one attached hydrogen (secondary N) is 1. The maximum absolute atomic E-state index is 13.6. The number of nitrogens with two attached hydrogens (primary N) is 1. The van der Waals surface area contributed by atoms with Crippen molar-refractivity contribution in [3.8, 4) is 0 Å². The quantitative estimate of drug-likeness (QED) is 0.827. The first kappa shape index (κ1) is 14.8. The number of anilines is 2. The minimum absolute atomic E-state index is 0.247. The molecule has 2 rings (SSSR count). The molecule has 2 aromatic carbocycles. The Kier molecular flexibility index (Phi) is 4.01. The number of nitrogen functional groups attached to an aromatic ring is 1. The summed E-state index contributed by atoms with van der Waals surface area (Å²) in [5.74, 6) is -0.812. The molecule has 0 radical (unpaired) electrons. The Labute approximate surface area is 125 Å². The van der Waals surface area contributed by atoms with Gasteiger partial charge in [-0.2, -0.15) is 0 Å². The van der Waals surface area contributed by atoms with E-state index in [0.29, 0.717) is 5.56 Å². The summed E-state index contributed by atoms with van der Waals surface area (Å²) in [7, 11) is -4.02. The Balaban J connectivity index is 2.47. The number of hydrogen-bond acceptors (Lipinski definition) is 3. The van der Waals surface area contributed by atoms with Crippen LogP contribution in [0.15, 0.2) is 45.8 Å². The summed E-state index contributed by atoms with van der Waals surface area (Å²) >= 11 is 3.27. The van der Waals surface area contributed by atoms with Crippen LogP contribution in [0.3, 0.4) is 0 Å². The van der Waals surface area contributed by atoms with Crippen LogP contribution in [-0.4, -0.2) is 8.42 Å². The predicted molar refractivity (Wildman–Crippen MR) is 80.5 cm³/mol. The van der Waals surface area contributed by atoms with E-state index in [2.05, 4.69) is 20.7 Å². The molecule has 0 saturated heterocycles. The zero-order valence-corrected chi connectivity index (χ0v) is 12.9. The SMILES string of the molecule is Cc1cc(Br)cc(N)c1NS(=O)(=O)c1ccccc1F. The highest BCUT2D eigenvalue weighted by atomic mass is 79.9. The molecule has 0 saturated carbocycles. The van der Waals surface area contributed by atoms with Crippen LogP contribution in [0.2, 0.25) is 0 Å². The van der Waals surface area contributed by atoms with Crippen molar-refractivity contribution >= 4 is 37.3 Å². The van der Waals surface area contributed by atoms with Crippen LogP contribution in [0, 0.1) is 12.7 Å². The van der Waals surface area contributed by atoms with Crippen molar-refractivity contribution in [3.63, 3.8) is 0 Å². The Morgan fingerprint density at radius 1 is 1.25 bits per heavy atom. The van der Waals surface area contributed by atoms with Gasteiger partial charge in [-0.1, -0.05) is 28.1 Å². The van der Waals surface area contributed by atoms with Gasteiger partial charge >= 0.3 is 0 Å².